The minimum absolute atomic E-state index is 0.0531. The van der Waals surface area contributed by atoms with Crippen molar-refractivity contribution in [2.75, 3.05) is 6.54 Å². The minimum Gasteiger partial charge on any atom is -0.467 e. The first-order chi connectivity index (χ1) is 10.8. The van der Waals surface area contributed by atoms with Gasteiger partial charge in [0.05, 0.1) is 12.8 Å². The van der Waals surface area contributed by atoms with Crippen LogP contribution in [0.15, 0.2) is 59.9 Å². The number of furan rings is 1. The summed E-state index contributed by atoms with van der Waals surface area (Å²) in [5.74, 6) is 1.37. The highest BCUT2D eigenvalue weighted by atomic mass is 16.3. The maximum Gasteiger partial charge on any atom is 0.254 e. The Morgan fingerprint density at radius 1 is 1.36 bits per heavy atom. The molecule has 3 aromatic rings. The van der Waals surface area contributed by atoms with Crippen molar-refractivity contribution < 1.29 is 9.21 Å². The summed E-state index contributed by atoms with van der Waals surface area (Å²) in [6.07, 6.45) is 8.35. The van der Waals surface area contributed by atoms with E-state index in [4.69, 9.17) is 4.42 Å². The van der Waals surface area contributed by atoms with Gasteiger partial charge in [-0.05, 0) is 31.2 Å². The Labute approximate surface area is 128 Å². The number of hydrogen-bond acceptors (Lipinski definition) is 4. The van der Waals surface area contributed by atoms with Crippen LogP contribution in [0.3, 0.4) is 0 Å². The predicted molar refractivity (Wildman–Crippen MR) is 80.5 cm³/mol. The van der Waals surface area contributed by atoms with Gasteiger partial charge in [0.25, 0.3) is 5.91 Å². The molecule has 3 aromatic heterocycles. The second-order valence-electron chi connectivity index (χ2n) is 4.77. The fourth-order valence-corrected chi connectivity index (χ4v) is 2.19. The molecule has 0 aromatic carbocycles. The third kappa shape index (κ3) is 2.90. The molecule has 0 aliphatic rings. The van der Waals surface area contributed by atoms with E-state index in [0.29, 0.717) is 24.5 Å². The van der Waals surface area contributed by atoms with Gasteiger partial charge in [-0.15, -0.1) is 0 Å². The molecule has 0 spiro atoms. The molecule has 22 heavy (non-hydrogen) atoms. The molecular weight excluding hydrogens is 280 g/mol. The van der Waals surface area contributed by atoms with E-state index in [1.807, 2.05) is 19.1 Å². The summed E-state index contributed by atoms with van der Waals surface area (Å²) < 4.78 is 7.08. The van der Waals surface area contributed by atoms with Crippen molar-refractivity contribution in [1.29, 1.82) is 0 Å². The summed E-state index contributed by atoms with van der Waals surface area (Å²) in [5.41, 5.74) is 0.590. The van der Waals surface area contributed by atoms with E-state index in [-0.39, 0.29) is 5.91 Å². The first-order valence-electron chi connectivity index (χ1n) is 7.04. The van der Waals surface area contributed by atoms with E-state index >= 15 is 0 Å². The van der Waals surface area contributed by atoms with Crippen molar-refractivity contribution in [1.82, 2.24) is 19.4 Å². The maximum atomic E-state index is 12.7. The van der Waals surface area contributed by atoms with Crippen molar-refractivity contribution in [3.63, 3.8) is 0 Å². The van der Waals surface area contributed by atoms with E-state index in [1.54, 1.807) is 52.8 Å². The van der Waals surface area contributed by atoms with Crippen LogP contribution >= 0.6 is 0 Å². The lowest BCUT2D eigenvalue weighted by Crippen LogP contribution is -2.30. The topological polar surface area (TPSA) is 64.2 Å². The Bertz CT molecular complexity index is 735. The molecule has 0 saturated heterocycles. The van der Waals surface area contributed by atoms with Gasteiger partial charge in [0.2, 0.25) is 0 Å². The highest BCUT2D eigenvalue weighted by molar-refractivity contribution is 5.94. The van der Waals surface area contributed by atoms with Crippen LogP contribution < -0.4 is 0 Å². The van der Waals surface area contributed by atoms with Gasteiger partial charge in [-0.3, -0.25) is 9.36 Å². The number of nitrogens with zero attached hydrogens (tertiary/aromatic N) is 4. The van der Waals surface area contributed by atoms with Crippen LogP contribution in [-0.2, 0) is 6.54 Å². The van der Waals surface area contributed by atoms with E-state index in [1.165, 1.54) is 0 Å². The van der Waals surface area contributed by atoms with Crippen LogP contribution in [0.4, 0.5) is 0 Å². The van der Waals surface area contributed by atoms with Gasteiger partial charge in [0, 0.05) is 30.7 Å². The first-order valence-corrected chi connectivity index (χ1v) is 7.04. The summed E-state index contributed by atoms with van der Waals surface area (Å²) in [6.45, 7) is 2.99. The Morgan fingerprint density at radius 3 is 2.95 bits per heavy atom. The molecule has 6 nitrogen and oxygen atoms in total. The zero-order valence-electron chi connectivity index (χ0n) is 12.2. The molecule has 0 bridgehead atoms. The average molecular weight is 296 g/mol. The lowest BCUT2D eigenvalue weighted by atomic mass is 10.2. The van der Waals surface area contributed by atoms with Crippen LogP contribution in [-0.4, -0.2) is 31.9 Å². The molecule has 0 atom stereocenters. The normalized spacial score (nSPS) is 10.6. The van der Waals surface area contributed by atoms with Gasteiger partial charge in [-0.1, -0.05) is 0 Å². The third-order valence-corrected chi connectivity index (χ3v) is 3.36. The number of hydrogen-bond donors (Lipinski definition) is 0. The van der Waals surface area contributed by atoms with Gasteiger partial charge in [0.15, 0.2) is 0 Å². The molecule has 0 radical (unpaired) electrons. The first kappa shape index (κ1) is 14.1. The van der Waals surface area contributed by atoms with Crippen LogP contribution in [0.1, 0.15) is 23.0 Å². The Kier molecular flexibility index (Phi) is 4.00. The highest BCUT2D eigenvalue weighted by Gasteiger charge is 2.16. The van der Waals surface area contributed by atoms with Crippen LogP contribution in [0.25, 0.3) is 5.82 Å². The number of imidazole rings is 1. The molecule has 3 heterocycles. The van der Waals surface area contributed by atoms with Crippen molar-refractivity contribution in [2.24, 2.45) is 0 Å². The maximum absolute atomic E-state index is 12.7. The molecule has 112 valence electrons. The molecule has 0 fully saturated rings. The average Bonchev–Trinajstić information content (AvgIpc) is 3.25. The van der Waals surface area contributed by atoms with Crippen LogP contribution in [0, 0.1) is 0 Å². The summed E-state index contributed by atoms with van der Waals surface area (Å²) in [4.78, 5) is 22.6. The van der Waals surface area contributed by atoms with E-state index < -0.39 is 0 Å². The third-order valence-electron chi connectivity index (χ3n) is 3.36. The predicted octanol–water partition coefficient (Wildman–Crippen LogP) is 2.52. The van der Waals surface area contributed by atoms with Crippen molar-refractivity contribution >= 4 is 5.91 Å². The Morgan fingerprint density at radius 2 is 2.27 bits per heavy atom. The lowest BCUT2D eigenvalue weighted by molar-refractivity contribution is 0.0741. The van der Waals surface area contributed by atoms with Gasteiger partial charge in [-0.2, -0.15) is 0 Å². The molecule has 1 amide bonds. The molecular formula is C16H16N4O2. The zero-order chi connectivity index (χ0) is 15.4. The SMILES string of the molecule is CCN(Cc1ccco1)C(=O)c1ccnc(-n2ccnc2)c1. The van der Waals surface area contributed by atoms with E-state index in [0.717, 1.165) is 5.76 Å². The van der Waals surface area contributed by atoms with Crippen molar-refractivity contribution in [3.8, 4) is 5.82 Å². The number of amides is 1. The second-order valence-corrected chi connectivity index (χ2v) is 4.77. The summed E-state index contributed by atoms with van der Waals surface area (Å²) in [6, 6.07) is 7.15. The number of carbonyl (C=O) groups excluding carboxylic acids is 1. The van der Waals surface area contributed by atoms with Gasteiger partial charge >= 0.3 is 0 Å². The largest absolute Gasteiger partial charge is 0.467 e. The van der Waals surface area contributed by atoms with Gasteiger partial charge in [-0.25, -0.2) is 9.97 Å². The summed E-state index contributed by atoms with van der Waals surface area (Å²) in [5, 5.41) is 0. The van der Waals surface area contributed by atoms with Gasteiger partial charge < -0.3 is 9.32 Å². The molecule has 0 aliphatic carbocycles. The molecule has 0 aliphatic heterocycles. The molecule has 0 N–H and O–H groups in total. The molecule has 0 saturated carbocycles. The van der Waals surface area contributed by atoms with Crippen LogP contribution in [0.2, 0.25) is 0 Å². The Balaban J connectivity index is 1.83. The molecule has 3 rings (SSSR count). The number of aromatic nitrogens is 3. The summed E-state index contributed by atoms with van der Waals surface area (Å²) in [7, 11) is 0. The number of carbonyl (C=O) groups is 1. The monoisotopic (exact) mass is 296 g/mol. The molecule has 0 unspecified atom stereocenters. The fourth-order valence-electron chi connectivity index (χ4n) is 2.19. The second kappa shape index (κ2) is 6.26. The highest BCUT2D eigenvalue weighted by Crippen LogP contribution is 2.12. The smallest absolute Gasteiger partial charge is 0.254 e. The quantitative estimate of drug-likeness (QED) is 0.725. The minimum atomic E-state index is -0.0531. The van der Waals surface area contributed by atoms with Crippen LogP contribution in [0.5, 0.6) is 0 Å². The standard InChI is InChI=1S/C16H16N4O2/c1-2-19(11-14-4-3-9-22-14)16(21)13-5-6-18-15(10-13)20-8-7-17-12-20/h3-10,12H,2,11H2,1H3. The van der Waals surface area contributed by atoms with E-state index in [2.05, 4.69) is 9.97 Å². The summed E-state index contributed by atoms with van der Waals surface area (Å²) >= 11 is 0. The number of rotatable bonds is 5. The number of pyridine rings is 1. The van der Waals surface area contributed by atoms with Crippen molar-refractivity contribution in [3.05, 3.63) is 66.8 Å². The lowest BCUT2D eigenvalue weighted by Gasteiger charge is -2.19. The Hall–Kier alpha value is -2.89. The van der Waals surface area contributed by atoms with Crippen molar-refractivity contribution in [2.45, 2.75) is 13.5 Å². The van der Waals surface area contributed by atoms with Gasteiger partial charge in [0.1, 0.15) is 17.9 Å². The molecule has 6 heteroatoms. The fraction of sp³-hybridized carbons (Fsp3) is 0.188. The van der Waals surface area contributed by atoms with E-state index in [9.17, 15) is 4.79 Å². The zero-order valence-corrected chi connectivity index (χ0v) is 12.2.